The number of hydrogen-bond donors (Lipinski definition) is 4. The van der Waals surface area contributed by atoms with Crippen LogP contribution in [-0.4, -0.2) is 88.2 Å². The highest BCUT2D eigenvalue weighted by atomic mass is 19.3. The number of carbonyl (C=O) groups excluding carboxylic acids is 5. The Hall–Kier alpha value is -4.08. The van der Waals surface area contributed by atoms with E-state index in [4.69, 9.17) is 6.42 Å². The molecule has 0 saturated carbocycles. The number of nitrogens with zero attached hydrogens (tertiary/aromatic N) is 1. The number of benzene rings is 1. The second-order valence-electron chi connectivity index (χ2n) is 10.4. The van der Waals surface area contributed by atoms with Crippen LogP contribution in [0.1, 0.15) is 133 Å². The number of nitrogens with one attached hydrogen (secondary N) is 4. The Labute approximate surface area is 343 Å². The molecule has 1 aromatic carbocycles. The third kappa shape index (κ3) is 36.9. The summed E-state index contributed by atoms with van der Waals surface area (Å²) in [5.41, 5.74) is 2.50. The van der Waals surface area contributed by atoms with E-state index < -0.39 is 23.8 Å². The molecule has 0 spiro atoms. The number of likely N-dealkylation sites (N-methyl/N-ethyl adjacent to an activating group) is 2. The molecule has 11 nitrogen and oxygen atoms in total. The number of hydrogen-bond acceptors (Lipinski definition) is 7. The normalized spacial score (nSPS) is 10.6. The van der Waals surface area contributed by atoms with Crippen molar-refractivity contribution in [2.24, 2.45) is 5.92 Å². The number of terminal acetylenes is 1. The molecule has 1 aromatic rings. The Morgan fingerprint density at radius 3 is 1.80 bits per heavy atom. The Morgan fingerprint density at radius 2 is 1.43 bits per heavy atom. The van der Waals surface area contributed by atoms with Crippen LogP contribution in [0, 0.1) is 18.3 Å². The van der Waals surface area contributed by atoms with Crippen molar-refractivity contribution in [1.82, 2.24) is 26.2 Å². The summed E-state index contributed by atoms with van der Waals surface area (Å²) in [6, 6.07) is 6.77. The van der Waals surface area contributed by atoms with Crippen LogP contribution in [0.25, 0.3) is 0 Å². The fraction of sp³-hybridized carbons (Fsp3) is 0.659. The molecule has 2 atom stereocenters. The molecule has 0 aliphatic heterocycles. The molecule has 0 saturated heterocycles. The number of carbonyl (C=O) groups is 5. The van der Waals surface area contributed by atoms with Gasteiger partial charge in [-0.05, 0) is 60.7 Å². The number of urea groups is 1. The van der Waals surface area contributed by atoms with Gasteiger partial charge in [-0.15, -0.1) is 18.9 Å². The van der Waals surface area contributed by atoms with E-state index in [0.29, 0.717) is 25.8 Å². The number of halogens is 1. The van der Waals surface area contributed by atoms with E-state index >= 15 is 0 Å². The van der Waals surface area contributed by atoms with Crippen LogP contribution in [-0.2, 0) is 37.0 Å². The number of rotatable bonds is 15. The minimum absolute atomic E-state index is 0.0552. The fourth-order valence-corrected chi connectivity index (χ4v) is 4.39. The summed E-state index contributed by atoms with van der Waals surface area (Å²) in [5.74, 6) is 1.31. The van der Waals surface area contributed by atoms with Crippen LogP contribution < -0.4 is 21.3 Å². The molecule has 0 heterocycles. The SMILES string of the molecule is C#CCCC(NC)C(=O)C(=O)NCC=C.CC.CC.CC.CC.CC.CCC.CNC(=O)NC(C(=O)N(C)CCCCC=O)C1Cc2ccccc2C1.COF. The van der Waals surface area contributed by atoms with Crippen molar-refractivity contribution in [3.63, 3.8) is 0 Å². The van der Waals surface area contributed by atoms with Gasteiger partial charge in [0.2, 0.25) is 11.7 Å². The molecule has 4 amide bonds. The van der Waals surface area contributed by atoms with E-state index in [1.807, 2.05) is 81.4 Å². The average molecular weight is 798 g/mol. The lowest BCUT2D eigenvalue weighted by Crippen LogP contribution is -2.53. The third-order valence-electron chi connectivity index (χ3n) is 6.65. The van der Waals surface area contributed by atoms with Crippen molar-refractivity contribution in [2.75, 3.05) is 41.3 Å². The third-order valence-corrected chi connectivity index (χ3v) is 6.65. The van der Waals surface area contributed by atoms with Crippen LogP contribution in [0.15, 0.2) is 36.9 Å². The maximum atomic E-state index is 12.9. The van der Waals surface area contributed by atoms with Crippen LogP contribution in [0.5, 0.6) is 0 Å². The zero-order valence-electron chi connectivity index (χ0n) is 38.3. The first-order chi connectivity index (χ1) is 27.1. The first-order valence-electron chi connectivity index (χ1n) is 20.5. The average Bonchev–Trinajstić information content (AvgIpc) is 3.69. The van der Waals surface area contributed by atoms with Crippen molar-refractivity contribution in [2.45, 2.75) is 147 Å². The van der Waals surface area contributed by atoms with Gasteiger partial charge in [-0.2, -0.15) is 4.94 Å². The van der Waals surface area contributed by atoms with Crippen LogP contribution >= 0.6 is 0 Å². The molecule has 2 rings (SSSR count). The van der Waals surface area contributed by atoms with E-state index in [0.717, 1.165) is 39.1 Å². The molecule has 328 valence electrons. The molecule has 0 radical (unpaired) electrons. The highest BCUT2D eigenvalue weighted by molar-refractivity contribution is 6.38. The van der Waals surface area contributed by atoms with Gasteiger partial charge in [0.05, 0.1) is 13.2 Å². The summed E-state index contributed by atoms with van der Waals surface area (Å²) in [6.07, 6.45) is 13.3. The number of fused-ring (bicyclic) bond motifs is 1. The van der Waals surface area contributed by atoms with Crippen LogP contribution in [0.3, 0.4) is 0 Å². The molecule has 0 bridgehead atoms. The topological polar surface area (TPSA) is 146 Å². The Balaban J connectivity index is -0.000000132. The highest BCUT2D eigenvalue weighted by Crippen LogP contribution is 2.29. The van der Waals surface area contributed by atoms with Crippen LogP contribution in [0.2, 0.25) is 0 Å². The van der Waals surface area contributed by atoms with Gasteiger partial charge in [-0.25, -0.2) is 4.79 Å². The molecule has 0 fully saturated rings. The van der Waals surface area contributed by atoms with Crippen molar-refractivity contribution in [3.8, 4) is 12.3 Å². The van der Waals surface area contributed by atoms with Crippen molar-refractivity contribution >= 4 is 29.9 Å². The predicted octanol–water partition coefficient (Wildman–Crippen LogP) is 8.45. The molecular weight excluding hydrogens is 714 g/mol. The zero-order valence-corrected chi connectivity index (χ0v) is 38.3. The summed E-state index contributed by atoms with van der Waals surface area (Å²) in [4.78, 5) is 62.3. The highest BCUT2D eigenvalue weighted by Gasteiger charge is 2.35. The first kappa shape index (κ1) is 66.7. The van der Waals surface area contributed by atoms with Gasteiger partial charge in [0, 0.05) is 40.0 Å². The smallest absolute Gasteiger partial charge is 0.315 e. The van der Waals surface area contributed by atoms with Gasteiger partial charge in [0.15, 0.2) is 0 Å². The summed E-state index contributed by atoms with van der Waals surface area (Å²) < 4.78 is 9.79. The van der Waals surface area contributed by atoms with Gasteiger partial charge in [-0.1, -0.05) is 120 Å². The van der Waals surface area contributed by atoms with Gasteiger partial charge in [-0.3, -0.25) is 14.4 Å². The lowest BCUT2D eigenvalue weighted by molar-refractivity contribution is -0.139. The molecule has 1 aliphatic rings. The number of ketones is 1. The number of amides is 4. The van der Waals surface area contributed by atoms with Crippen molar-refractivity contribution < 1.29 is 33.4 Å². The molecule has 1 aliphatic carbocycles. The molecule has 4 N–H and O–H groups in total. The Kier molecular flexibility index (Phi) is 65.8. The second-order valence-corrected chi connectivity index (χ2v) is 10.4. The molecular formula is C44H84FN5O6. The van der Waals surface area contributed by atoms with E-state index in [2.05, 4.69) is 64.7 Å². The van der Waals surface area contributed by atoms with Crippen LogP contribution in [0.4, 0.5) is 9.32 Å². The molecule has 12 heteroatoms. The van der Waals surface area contributed by atoms with E-state index in [1.54, 1.807) is 26.0 Å². The fourth-order valence-electron chi connectivity index (χ4n) is 4.39. The Bertz CT molecular complexity index is 1070. The zero-order chi connectivity index (χ0) is 45.3. The maximum absolute atomic E-state index is 12.9. The van der Waals surface area contributed by atoms with Gasteiger partial charge < -0.3 is 31.0 Å². The minimum atomic E-state index is -0.605. The molecule has 0 aromatic heterocycles. The predicted molar refractivity (Wildman–Crippen MR) is 236 cm³/mol. The lowest BCUT2D eigenvalue weighted by Gasteiger charge is -2.28. The van der Waals surface area contributed by atoms with Gasteiger partial charge in [0.25, 0.3) is 5.91 Å². The number of aldehydes is 1. The second kappa shape index (κ2) is 55.3. The number of unbranched alkanes of at least 4 members (excludes halogenated alkanes) is 2. The van der Waals surface area contributed by atoms with Gasteiger partial charge in [0.1, 0.15) is 12.3 Å². The Morgan fingerprint density at radius 1 is 0.964 bits per heavy atom. The lowest BCUT2D eigenvalue weighted by atomic mass is 9.95. The van der Waals surface area contributed by atoms with E-state index in [9.17, 15) is 28.5 Å². The molecule has 2 unspecified atom stereocenters. The monoisotopic (exact) mass is 798 g/mol. The van der Waals surface area contributed by atoms with Gasteiger partial charge >= 0.3 is 6.03 Å². The quantitative estimate of drug-likeness (QED) is 0.0458. The maximum Gasteiger partial charge on any atom is 0.315 e. The van der Waals surface area contributed by atoms with E-state index in [-0.39, 0.29) is 24.4 Å². The number of Topliss-reactive ketones (excluding diaryl/α,β-unsaturated/α-hetero) is 1. The summed E-state index contributed by atoms with van der Waals surface area (Å²) in [5, 5.41) is 10.5. The summed E-state index contributed by atoms with van der Waals surface area (Å²) in [7, 11) is 5.88. The minimum Gasteiger partial charge on any atom is -0.346 e. The molecule has 56 heavy (non-hydrogen) atoms. The summed E-state index contributed by atoms with van der Waals surface area (Å²) >= 11 is 0. The largest absolute Gasteiger partial charge is 0.346 e. The first-order valence-corrected chi connectivity index (χ1v) is 20.5. The van der Waals surface area contributed by atoms with E-state index in [1.165, 1.54) is 23.6 Å². The van der Waals surface area contributed by atoms with Crippen molar-refractivity contribution in [1.29, 1.82) is 0 Å². The standard InChI is InChI=1S/C19H27N3O3.C11H16N2O2.C3H8.5C2H6.CH3FO/c1-20-19(25)21-17(18(24)22(2)10-6-3-7-11-23)16-12-14-8-4-5-9-15(14)13-16;1-4-6-7-9(12-3)10(14)11(15)13-8-5-2;1-3-2;5*1-2;1-3-2/h4-5,8-9,11,16-17H,3,6-7,10,12-13H2,1-2H3,(H2,20,21,25);1,5,9,12H,2,6-8H2,3H3,(H,13,15);3H2,1-2H3;5*1-2H3;1H3. The summed E-state index contributed by atoms with van der Waals surface area (Å²) in [6.45, 7) is 28.6. The van der Waals surface area contributed by atoms with Crippen molar-refractivity contribution in [3.05, 3.63) is 48.0 Å².